The summed E-state index contributed by atoms with van der Waals surface area (Å²) in [4.78, 5) is 11.1. The summed E-state index contributed by atoms with van der Waals surface area (Å²) in [5.41, 5.74) is 0. The van der Waals surface area contributed by atoms with Crippen LogP contribution in [0.2, 0.25) is 0 Å². The van der Waals surface area contributed by atoms with Crippen molar-refractivity contribution in [3.05, 3.63) is 0 Å². The first-order valence-corrected chi connectivity index (χ1v) is 4.86. The maximum atomic E-state index is 11.1. The molecule has 0 aromatic heterocycles. The van der Waals surface area contributed by atoms with Crippen LogP contribution in [0.4, 0.5) is 0 Å². The number of ether oxygens (including phenoxy) is 1. The molecule has 2 nitrogen and oxygen atoms in total. The predicted octanol–water partition coefficient (Wildman–Crippen LogP) is 2.74. The average molecular weight is 193 g/mol. The molecule has 3 heteroatoms. The average Bonchev–Trinajstić information content (AvgIpc) is 1.98. The molecule has 0 bridgehead atoms. The second-order valence-corrected chi connectivity index (χ2v) is 3.62. The minimum atomic E-state index is -0.465. The van der Waals surface area contributed by atoms with E-state index >= 15 is 0 Å². The van der Waals surface area contributed by atoms with Gasteiger partial charge in [-0.3, -0.25) is 4.79 Å². The lowest BCUT2D eigenvalue weighted by Gasteiger charge is -2.11. The monoisotopic (exact) mass is 192 g/mol. The van der Waals surface area contributed by atoms with Crippen molar-refractivity contribution >= 4 is 17.6 Å². The number of unbranched alkanes of at least 4 members (excludes halogenated alkanes) is 1. The molecule has 0 saturated carbocycles. The van der Waals surface area contributed by atoms with E-state index in [0.717, 1.165) is 12.8 Å². The zero-order valence-electron chi connectivity index (χ0n) is 7.97. The number of carbonyl (C=O) groups excluding carboxylic acids is 1. The standard InChI is InChI=1S/C9H17ClO2/c1-4-5-6-8(10)9(11)12-7(2)3/h7-8H,4-6H2,1-3H3. The molecule has 0 radical (unpaired) electrons. The second kappa shape index (κ2) is 6.30. The van der Waals surface area contributed by atoms with Crippen molar-refractivity contribution in [1.82, 2.24) is 0 Å². The topological polar surface area (TPSA) is 26.3 Å². The van der Waals surface area contributed by atoms with Gasteiger partial charge in [0.25, 0.3) is 0 Å². The van der Waals surface area contributed by atoms with E-state index in [-0.39, 0.29) is 12.1 Å². The molecular formula is C9H17ClO2. The summed E-state index contributed by atoms with van der Waals surface area (Å²) in [6, 6.07) is 0. The van der Waals surface area contributed by atoms with Crippen LogP contribution in [0.5, 0.6) is 0 Å². The molecule has 12 heavy (non-hydrogen) atoms. The van der Waals surface area contributed by atoms with Crippen LogP contribution >= 0.6 is 11.6 Å². The van der Waals surface area contributed by atoms with Gasteiger partial charge in [0.15, 0.2) is 0 Å². The number of esters is 1. The van der Waals surface area contributed by atoms with E-state index in [9.17, 15) is 4.79 Å². The van der Waals surface area contributed by atoms with E-state index in [1.807, 2.05) is 13.8 Å². The number of rotatable bonds is 5. The van der Waals surface area contributed by atoms with Crippen molar-refractivity contribution in [3.8, 4) is 0 Å². The molecule has 0 saturated heterocycles. The molecule has 1 unspecified atom stereocenters. The van der Waals surface area contributed by atoms with Gasteiger partial charge in [0, 0.05) is 0 Å². The largest absolute Gasteiger partial charge is 0.462 e. The number of hydrogen-bond donors (Lipinski definition) is 0. The summed E-state index contributed by atoms with van der Waals surface area (Å²) in [6.07, 6.45) is 2.67. The fourth-order valence-electron chi connectivity index (χ4n) is 0.807. The van der Waals surface area contributed by atoms with Crippen LogP contribution in [0, 0.1) is 0 Å². The molecule has 72 valence electrons. The van der Waals surface area contributed by atoms with E-state index in [4.69, 9.17) is 16.3 Å². The summed E-state index contributed by atoms with van der Waals surface area (Å²) in [5.74, 6) is -0.292. The van der Waals surface area contributed by atoms with Crippen molar-refractivity contribution in [2.24, 2.45) is 0 Å². The summed E-state index contributed by atoms with van der Waals surface area (Å²) in [6.45, 7) is 5.71. The smallest absolute Gasteiger partial charge is 0.324 e. The van der Waals surface area contributed by atoms with Gasteiger partial charge in [0.2, 0.25) is 0 Å². The molecule has 0 aromatic carbocycles. The van der Waals surface area contributed by atoms with Gasteiger partial charge < -0.3 is 4.74 Å². The molecule has 1 atom stereocenters. The molecule has 0 aliphatic rings. The molecule has 0 rings (SSSR count). The van der Waals surface area contributed by atoms with Gasteiger partial charge in [-0.05, 0) is 20.3 Å². The van der Waals surface area contributed by atoms with Crippen molar-refractivity contribution in [2.75, 3.05) is 0 Å². The van der Waals surface area contributed by atoms with E-state index in [1.54, 1.807) is 0 Å². The quantitative estimate of drug-likeness (QED) is 0.495. The number of halogens is 1. The Balaban J connectivity index is 3.61. The Kier molecular flexibility index (Phi) is 6.17. The zero-order chi connectivity index (χ0) is 9.56. The first-order valence-electron chi connectivity index (χ1n) is 4.42. The Labute approximate surface area is 79.2 Å². The third-order valence-electron chi connectivity index (χ3n) is 1.42. The van der Waals surface area contributed by atoms with Gasteiger partial charge in [-0.2, -0.15) is 0 Å². The van der Waals surface area contributed by atoms with E-state index < -0.39 is 5.38 Å². The molecule has 0 spiro atoms. The molecule has 0 heterocycles. The molecular weight excluding hydrogens is 176 g/mol. The minimum Gasteiger partial charge on any atom is -0.462 e. The highest BCUT2D eigenvalue weighted by Crippen LogP contribution is 2.10. The van der Waals surface area contributed by atoms with Crippen LogP contribution in [-0.4, -0.2) is 17.5 Å². The lowest BCUT2D eigenvalue weighted by molar-refractivity contribution is -0.147. The molecule has 0 N–H and O–H groups in total. The van der Waals surface area contributed by atoms with Crippen molar-refractivity contribution in [2.45, 2.75) is 51.5 Å². The molecule has 0 aromatic rings. The van der Waals surface area contributed by atoms with Crippen LogP contribution in [0.3, 0.4) is 0 Å². The Bertz CT molecular complexity index is 134. The van der Waals surface area contributed by atoms with Crippen molar-refractivity contribution in [3.63, 3.8) is 0 Å². The van der Waals surface area contributed by atoms with Gasteiger partial charge in [-0.25, -0.2) is 0 Å². The van der Waals surface area contributed by atoms with Gasteiger partial charge in [-0.15, -0.1) is 11.6 Å². The second-order valence-electron chi connectivity index (χ2n) is 3.10. The van der Waals surface area contributed by atoms with Gasteiger partial charge in [0.05, 0.1) is 6.10 Å². The normalized spacial score (nSPS) is 13.1. The third-order valence-corrected chi connectivity index (χ3v) is 1.82. The highest BCUT2D eigenvalue weighted by Gasteiger charge is 2.16. The maximum Gasteiger partial charge on any atom is 0.324 e. The third kappa shape index (κ3) is 5.42. The maximum absolute atomic E-state index is 11.1. The van der Waals surface area contributed by atoms with Crippen molar-refractivity contribution in [1.29, 1.82) is 0 Å². The Morgan fingerprint density at radius 1 is 1.50 bits per heavy atom. The van der Waals surface area contributed by atoms with Crippen LogP contribution in [-0.2, 0) is 9.53 Å². The first-order chi connectivity index (χ1) is 5.57. The molecule has 0 aliphatic carbocycles. The lowest BCUT2D eigenvalue weighted by Crippen LogP contribution is -2.21. The van der Waals surface area contributed by atoms with Crippen LogP contribution < -0.4 is 0 Å². The fourth-order valence-corrected chi connectivity index (χ4v) is 1.01. The zero-order valence-corrected chi connectivity index (χ0v) is 8.73. The van der Waals surface area contributed by atoms with Crippen LogP contribution in [0.25, 0.3) is 0 Å². The van der Waals surface area contributed by atoms with Gasteiger partial charge in [-0.1, -0.05) is 19.8 Å². The lowest BCUT2D eigenvalue weighted by atomic mass is 10.2. The predicted molar refractivity (Wildman–Crippen MR) is 50.4 cm³/mol. The summed E-state index contributed by atoms with van der Waals surface area (Å²) in [5, 5.41) is -0.465. The fraction of sp³-hybridized carbons (Fsp3) is 0.889. The Morgan fingerprint density at radius 2 is 2.08 bits per heavy atom. The minimum absolute atomic E-state index is 0.0691. The highest BCUT2D eigenvalue weighted by molar-refractivity contribution is 6.29. The van der Waals surface area contributed by atoms with Crippen LogP contribution in [0.1, 0.15) is 40.0 Å². The molecule has 0 aliphatic heterocycles. The van der Waals surface area contributed by atoms with Crippen LogP contribution in [0.15, 0.2) is 0 Å². The Hall–Kier alpha value is -0.240. The first kappa shape index (κ1) is 11.8. The van der Waals surface area contributed by atoms with E-state index in [0.29, 0.717) is 6.42 Å². The number of alkyl halides is 1. The van der Waals surface area contributed by atoms with Gasteiger partial charge >= 0.3 is 5.97 Å². The van der Waals surface area contributed by atoms with Crippen molar-refractivity contribution < 1.29 is 9.53 Å². The molecule has 0 fully saturated rings. The van der Waals surface area contributed by atoms with E-state index in [1.165, 1.54) is 0 Å². The summed E-state index contributed by atoms with van der Waals surface area (Å²) >= 11 is 5.78. The van der Waals surface area contributed by atoms with E-state index in [2.05, 4.69) is 6.92 Å². The molecule has 0 amide bonds. The number of carbonyl (C=O) groups is 1. The summed E-state index contributed by atoms with van der Waals surface area (Å²) in [7, 11) is 0. The Morgan fingerprint density at radius 3 is 2.50 bits per heavy atom. The number of hydrogen-bond acceptors (Lipinski definition) is 2. The summed E-state index contributed by atoms with van der Waals surface area (Å²) < 4.78 is 4.94. The van der Waals surface area contributed by atoms with Gasteiger partial charge in [0.1, 0.15) is 5.38 Å². The highest BCUT2D eigenvalue weighted by atomic mass is 35.5. The SMILES string of the molecule is CCCCC(Cl)C(=O)OC(C)C.